The molecule has 0 radical (unpaired) electrons. The van der Waals surface area contributed by atoms with Gasteiger partial charge >= 0.3 is 6.18 Å². The van der Waals surface area contributed by atoms with Gasteiger partial charge in [-0.05, 0) is 37.3 Å². The van der Waals surface area contributed by atoms with Crippen LogP contribution in [-0.4, -0.2) is 39.3 Å². The summed E-state index contributed by atoms with van der Waals surface area (Å²) in [6.07, 6.45) is -2.99. The molecule has 1 N–H and O–H groups in total. The van der Waals surface area contributed by atoms with Crippen molar-refractivity contribution in [2.24, 2.45) is 0 Å². The molecule has 1 saturated heterocycles. The topological polar surface area (TPSA) is 68.5 Å². The highest BCUT2D eigenvalue weighted by molar-refractivity contribution is 7.13. The Kier molecular flexibility index (Phi) is 4.84. The molecule has 0 saturated carbocycles. The van der Waals surface area contributed by atoms with Crippen molar-refractivity contribution in [3.63, 3.8) is 0 Å². The number of rotatable bonds is 4. The Balaban J connectivity index is 1.70. The Labute approximate surface area is 162 Å². The maximum absolute atomic E-state index is 13.6. The zero-order valence-corrected chi connectivity index (χ0v) is 15.7. The van der Waals surface area contributed by atoms with Crippen molar-refractivity contribution >= 4 is 22.9 Å². The van der Waals surface area contributed by atoms with E-state index in [1.165, 1.54) is 17.4 Å². The zero-order valence-electron chi connectivity index (χ0n) is 14.9. The molecule has 1 aliphatic rings. The van der Waals surface area contributed by atoms with E-state index in [-0.39, 0.29) is 29.2 Å². The average molecular weight is 410 g/mol. The molecule has 3 aromatic rings. The van der Waals surface area contributed by atoms with Gasteiger partial charge in [0.2, 0.25) is 0 Å². The first-order valence-corrected chi connectivity index (χ1v) is 9.65. The second-order valence-electron chi connectivity index (χ2n) is 6.61. The Morgan fingerprint density at radius 1 is 1.43 bits per heavy atom. The third-order valence-corrected chi connectivity index (χ3v) is 5.50. The second-order valence-corrected chi connectivity index (χ2v) is 7.56. The van der Waals surface area contributed by atoms with Crippen molar-refractivity contribution in [2.45, 2.75) is 38.1 Å². The first-order valence-electron chi connectivity index (χ1n) is 8.77. The number of nitrogens with one attached hydrogen (secondary N) is 1. The number of hydrogen-bond donors (Lipinski definition) is 1. The van der Waals surface area contributed by atoms with Crippen LogP contribution in [0.4, 0.5) is 13.2 Å². The molecule has 0 aromatic carbocycles. The third kappa shape index (κ3) is 3.61. The molecule has 1 fully saturated rings. The lowest BCUT2D eigenvalue weighted by atomic mass is 10.1. The number of carbonyl (C=O) groups is 1. The Morgan fingerprint density at radius 2 is 2.25 bits per heavy atom. The molecule has 3 aromatic heterocycles. The van der Waals surface area contributed by atoms with Gasteiger partial charge in [-0.15, -0.1) is 11.3 Å². The van der Waals surface area contributed by atoms with Crippen LogP contribution in [0.5, 0.6) is 0 Å². The standard InChI is InChI=1S/C18H17F3N4O2S/c1-10(13-4-2-6-27-13)22-17(26)12-9-16-23-11(14-5-3-7-28-14)8-15(18(19,20)21)25(16)24-12/h3,5,7-10,13H,2,4,6H2,1H3,(H,22,26)/t10-,13+/m0/s1. The van der Waals surface area contributed by atoms with E-state index in [0.717, 1.165) is 18.9 Å². The lowest BCUT2D eigenvalue weighted by molar-refractivity contribution is -0.142. The van der Waals surface area contributed by atoms with Gasteiger partial charge in [0, 0.05) is 12.7 Å². The van der Waals surface area contributed by atoms with Crippen molar-refractivity contribution in [1.29, 1.82) is 0 Å². The molecular formula is C18H17F3N4O2S. The van der Waals surface area contributed by atoms with Crippen molar-refractivity contribution in [2.75, 3.05) is 6.61 Å². The average Bonchev–Trinajstić information content (AvgIpc) is 3.40. The molecule has 1 amide bonds. The monoisotopic (exact) mass is 410 g/mol. The van der Waals surface area contributed by atoms with Crippen LogP contribution in [0.1, 0.15) is 35.9 Å². The Morgan fingerprint density at radius 3 is 2.89 bits per heavy atom. The largest absolute Gasteiger partial charge is 0.433 e. The molecule has 1 aliphatic heterocycles. The number of ether oxygens (including phenoxy) is 1. The Bertz CT molecular complexity index is 994. The number of aromatic nitrogens is 3. The number of thiophene rings is 1. The Hall–Kier alpha value is -2.46. The van der Waals surface area contributed by atoms with Crippen LogP contribution in [0.15, 0.2) is 29.6 Å². The zero-order chi connectivity index (χ0) is 19.9. The highest BCUT2D eigenvalue weighted by Crippen LogP contribution is 2.33. The smallest absolute Gasteiger partial charge is 0.376 e. The third-order valence-electron chi connectivity index (χ3n) is 4.61. The van der Waals surface area contributed by atoms with E-state index < -0.39 is 17.8 Å². The number of fused-ring (bicyclic) bond motifs is 1. The predicted molar refractivity (Wildman–Crippen MR) is 97.2 cm³/mol. The molecule has 0 bridgehead atoms. The molecule has 28 heavy (non-hydrogen) atoms. The maximum atomic E-state index is 13.6. The summed E-state index contributed by atoms with van der Waals surface area (Å²) in [5.41, 5.74) is -0.944. The first-order chi connectivity index (χ1) is 13.3. The molecule has 0 aliphatic carbocycles. The number of nitrogens with zero attached hydrogens (tertiary/aromatic N) is 3. The van der Waals surface area contributed by atoms with E-state index >= 15 is 0 Å². The van der Waals surface area contributed by atoms with Crippen molar-refractivity contribution in [3.8, 4) is 10.6 Å². The van der Waals surface area contributed by atoms with Gasteiger partial charge in [0.1, 0.15) is 0 Å². The maximum Gasteiger partial charge on any atom is 0.433 e. The van der Waals surface area contributed by atoms with Crippen molar-refractivity contribution in [1.82, 2.24) is 19.9 Å². The van der Waals surface area contributed by atoms with Crippen LogP contribution < -0.4 is 5.32 Å². The summed E-state index contributed by atoms with van der Waals surface area (Å²) in [5, 5.41) is 8.38. The molecular weight excluding hydrogens is 393 g/mol. The number of carbonyl (C=O) groups excluding carboxylic acids is 1. The predicted octanol–water partition coefficient (Wildman–Crippen LogP) is 3.77. The minimum atomic E-state index is -4.64. The summed E-state index contributed by atoms with van der Waals surface area (Å²) in [5.74, 6) is -0.556. The van der Waals surface area contributed by atoms with Gasteiger partial charge in [0.15, 0.2) is 17.0 Å². The summed E-state index contributed by atoms with van der Waals surface area (Å²) >= 11 is 1.29. The van der Waals surface area contributed by atoms with E-state index in [2.05, 4.69) is 15.4 Å². The normalized spacial score (nSPS) is 18.5. The fourth-order valence-electron chi connectivity index (χ4n) is 3.21. The summed E-state index contributed by atoms with van der Waals surface area (Å²) in [4.78, 5) is 17.4. The molecule has 6 nitrogen and oxygen atoms in total. The van der Waals surface area contributed by atoms with Crippen molar-refractivity contribution in [3.05, 3.63) is 41.0 Å². The summed E-state index contributed by atoms with van der Waals surface area (Å²) in [7, 11) is 0. The van der Waals surface area contributed by atoms with Gasteiger partial charge in [-0.3, -0.25) is 4.79 Å². The van der Waals surface area contributed by atoms with Crippen LogP contribution in [0.2, 0.25) is 0 Å². The van der Waals surface area contributed by atoms with E-state index in [1.54, 1.807) is 24.4 Å². The minimum Gasteiger partial charge on any atom is -0.376 e. The van der Waals surface area contributed by atoms with E-state index in [4.69, 9.17) is 4.74 Å². The molecule has 10 heteroatoms. The van der Waals surface area contributed by atoms with Crippen LogP contribution in [0, 0.1) is 0 Å². The molecule has 4 rings (SSSR count). The lowest BCUT2D eigenvalue weighted by Gasteiger charge is -2.19. The van der Waals surface area contributed by atoms with E-state index in [1.807, 2.05) is 0 Å². The molecule has 0 spiro atoms. The van der Waals surface area contributed by atoms with Gasteiger partial charge in [0.05, 0.1) is 22.7 Å². The van der Waals surface area contributed by atoms with Crippen LogP contribution in [-0.2, 0) is 10.9 Å². The van der Waals surface area contributed by atoms with Gasteiger partial charge in [-0.2, -0.15) is 18.3 Å². The fourth-order valence-corrected chi connectivity index (χ4v) is 3.89. The van der Waals surface area contributed by atoms with Gasteiger partial charge in [0.25, 0.3) is 5.91 Å². The molecule has 2 atom stereocenters. The molecule has 0 unspecified atom stereocenters. The number of amides is 1. The molecule has 4 heterocycles. The second kappa shape index (κ2) is 7.17. The summed E-state index contributed by atoms with van der Waals surface area (Å²) in [6, 6.07) is 5.38. The number of alkyl halides is 3. The van der Waals surface area contributed by atoms with E-state index in [0.29, 0.717) is 16.0 Å². The van der Waals surface area contributed by atoms with Gasteiger partial charge in [-0.25, -0.2) is 9.50 Å². The number of halogens is 3. The van der Waals surface area contributed by atoms with Crippen LogP contribution in [0.25, 0.3) is 16.2 Å². The first kappa shape index (κ1) is 18.9. The van der Waals surface area contributed by atoms with E-state index in [9.17, 15) is 18.0 Å². The summed E-state index contributed by atoms with van der Waals surface area (Å²) < 4.78 is 46.9. The van der Waals surface area contributed by atoms with Crippen molar-refractivity contribution < 1.29 is 22.7 Å². The van der Waals surface area contributed by atoms with Crippen LogP contribution in [0.3, 0.4) is 0 Å². The van der Waals surface area contributed by atoms with Gasteiger partial charge in [-0.1, -0.05) is 6.07 Å². The highest BCUT2D eigenvalue weighted by atomic mass is 32.1. The highest BCUT2D eigenvalue weighted by Gasteiger charge is 2.36. The van der Waals surface area contributed by atoms with Gasteiger partial charge < -0.3 is 10.1 Å². The lowest BCUT2D eigenvalue weighted by Crippen LogP contribution is -2.41. The SMILES string of the molecule is C[C@H](NC(=O)c1cc2nc(-c3cccs3)cc(C(F)(F)F)n2n1)[C@H]1CCCO1. The fraction of sp³-hybridized carbons (Fsp3) is 0.389. The molecule has 148 valence electrons. The quantitative estimate of drug-likeness (QED) is 0.711. The van der Waals surface area contributed by atoms with Crippen LogP contribution >= 0.6 is 11.3 Å². The number of hydrogen-bond acceptors (Lipinski definition) is 5. The minimum absolute atomic E-state index is 0.0341. The summed E-state index contributed by atoms with van der Waals surface area (Å²) in [6.45, 7) is 2.45.